The highest BCUT2D eigenvalue weighted by atomic mass is 35.5. The monoisotopic (exact) mass is 322 g/mol. The number of amides is 2. The summed E-state index contributed by atoms with van der Waals surface area (Å²) in [6.07, 6.45) is 4.92. The number of hydrogen-bond donors (Lipinski definition) is 1. The quantitative estimate of drug-likeness (QED) is 0.898. The lowest BCUT2D eigenvalue weighted by molar-refractivity contribution is -0.131. The van der Waals surface area contributed by atoms with Gasteiger partial charge in [0, 0.05) is 37.6 Å². The van der Waals surface area contributed by atoms with Gasteiger partial charge in [0.15, 0.2) is 0 Å². The first-order valence-corrected chi connectivity index (χ1v) is 8.04. The molecule has 0 saturated heterocycles. The largest absolute Gasteiger partial charge is 0.349 e. The van der Waals surface area contributed by atoms with E-state index >= 15 is 0 Å². The van der Waals surface area contributed by atoms with Gasteiger partial charge < -0.3 is 10.2 Å². The van der Waals surface area contributed by atoms with E-state index in [0.29, 0.717) is 17.9 Å². The van der Waals surface area contributed by atoms with Gasteiger partial charge >= 0.3 is 0 Å². The summed E-state index contributed by atoms with van der Waals surface area (Å²) in [4.78, 5) is 26.0. The summed E-state index contributed by atoms with van der Waals surface area (Å²) in [6, 6.07) is 7.06. The summed E-state index contributed by atoms with van der Waals surface area (Å²) in [6.45, 7) is 0. The van der Waals surface area contributed by atoms with E-state index in [4.69, 9.17) is 11.6 Å². The molecule has 0 spiro atoms. The number of nitrogens with one attached hydrogen (secondary N) is 1. The smallest absolute Gasteiger partial charge is 0.224 e. The Morgan fingerprint density at radius 1 is 1.14 bits per heavy atom. The first-order chi connectivity index (χ1) is 10.4. The van der Waals surface area contributed by atoms with Crippen LogP contribution in [0, 0.1) is 5.41 Å². The predicted molar refractivity (Wildman–Crippen MR) is 88.9 cm³/mol. The van der Waals surface area contributed by atoms with Crippen molar-refractivity contribution in [2.75, 3.05) is 19.4 Å². The van der Waals surface area contributed by atoms with Gasteiger partial charge in [-0.25, -0.2) is 0 Å². The number of anilines is 1. The van der Waals surface area contributed by atoms with Crippen LogP contribution in [0.5, 0.6) is 0 Å². The fourth-order valence-electron chi connectivity index (χ4n) is 3.10. The average molecular weight is 323 g/mol. The molecule has 2 amide bonds. The molecule has 0 atom stereocenters. The lowest BCUT2D eigenvalue weighted by atomic mass is 9.78. The molecule has 5 heteroatoms. The molecular formula is C17H23ClN2O2. The lowest BCUT2D eigenvalue weighted by Crippen LogP contribution is -2.32. The molecule has 1 fully saturated rings. The van der Waals surface area contributed by atoms with Crippen LogP contribution in [0.25, 0.3) is 0 Å². The van der Waals surface area contributed by atoms with Crippen molar-refractivity contribution in [3.05, 3.63) is 29.3 Å². The molecule has 1 aromatic rings. The van der Waals surface area contributed by atoms with Crippen molar-refractivity contribution in [3.8, 4) is 0 Å². The van der Waals surface area contributed by atoms with E-state index < -0.39 is 0 Å². The first-order valence-electron chi connectivity index (χ1n) is 7.66. The Morgan fingerprint density at radius 3 is 2.27 bits per heavy atom. The van der Waals surface area contributed by atoms with Crippen molar-refractivity contribution >= 4 is 29.1 Å². The van der Waals surface area contributed by atoms with Crippen LogP contribution in [0.3, 0.4) is 0 Å². The minimum atomic E-state index is -0.183. The molecule has 0 aromatic heterocycles. The summed E-state index contributed by atoms with van der Waals surface area (Å²) < 4.78 is 0. The van der Waals surface area contributed by atoms with Gasteiger partial charge in [-0.2, -0.15) is 0 Å². The van der Waals surface area contributed by atoms with Crippen molar-refractivity contribution in [3.63, 3.8) is 0 Å². The molecular weight excluding hydrogens is 300 g/mol. The van der Waals surface area contributed by atoms with Gasteiger partial charge in [-0.15, -0.1) is 0 Å². The van der Waals surface area contributed by atoms with Crippen LogP contribution in [0.15, 0.2) is 24.3 Å². The average Bonchev–Trinajstić information content (AvgIpc) is 2.89. The van der Waals surface area contributed by atoms with Crippen molar-refractivity contribution in [1.29, 1.82) is 0 Å². The molecule has 22 heavy (non-hydrogen) atoms. The minimum Gasteiger partial charge on any atom is -0.349 e. The van der Waals surface area contributed by atoms with Gasteiger partial charge in [0.2, 0.25) is 11.8 Å². The van der Waals surface area contributed by atoms with Gasteiger partial charge in [0.05, 0.1) is 0 Å². The van der Waals surface area contributed by atoms with Gasteiger partial charge in [0.25, 0.3) is 0 Å². The van der Waals surface area contributed by atoms with Gasteiger partial charge in [-0.3, -0.25) is 9.59 Å². The van der Waals surface area contributed by atoms with Gasteiger partial charge in [-0.1, -0.05) is 24.4 Å². The molecule has 120 valence electrons. The number of nitrogens with zero attached hydrogens (tertiary/aromatic N) is 1. The lowest BCUT2D eigenvalue weighted by Gasteiger charge is -2.29. The summed E-state index contributed by atoms with van der Waals surface area (Å²) in [5.74, 6) is 0.0666. The van der Waals surface area contributed by atoms with E-state index in [-0.39, 0.29) is 17.2 Å². The van der Waals surface area contributed by atoms with Crippen molar-refractivity contribution in [2.24, 2.45) is 5.41 Å². The third-order valence-corrected chi connectivity index (χ3v) is 4.60. The molecule has 0 radical (unpaired) electrons. The Labute approximate surface area is 136 Å². The van der Waals surface area contributed by atoms with E-state index in [1.165, 1.54) is 0 Å². The number of carbonyl (C=O) groups is 2. The molecule has 1 saturated carbocycles. The Kier molecular flexibility index (Phi) is 5.46. The Morgan fingerprint density at radius 2 is 1.73 bits per heavy atom. The highest BCUT2D eigenvalue weighted by Gasteiger charge is 2.38. The summed E-state index contributed by atoms with van der Waals surface area (Å²) >= 11 is 5.84. The second-order valence-corrected chi connectivity index (χ2v) is 6.84. The molecule has 4 nitrogen and oxygen atoms in total. The maximum atomic E-state index is 12.3. The molecule has 1 aromatic carbocycles. The number of halogens is 1. The summed E-state index contributed by atoms with van der Waals surface area (Å²) in [5.41, 5.74) is 0.555. The molecule has 0 heterocycles. The van der Waals surface area contributed by atoms with Crippen LogP contribution in [0.2, 0.25) is 5.02 Å². The highest BCUT2D eigenvalue weighted by molar-refractivity contribution is 6.30. The van der Waals surface area contributed by atoms with E-state index in [1.807, 2.05) is 0 Å². The summed E-state index contributed by atoms with van der Waals surface area (Å²) in [5, 5.41) is 3.54. The second-order valence-electron chi connectivity index (χ2n) is 6.40. The number of hydrogen-bond acceptors (Lipinski definition) is 2. The van der Waals surface area contributed by atoms with Crippen LogP contribution >= 0.6 is 11.6 Å². The zero-order valence-electron chi connectivity index (χ0n) is 13.2. The predicted octanol–water partition coefficient (Wildman–Crippen LogP) is 3.71. The molecule has 1 aliphatic carbocycles. The van der Waals surface area contributed by atoms with Crippen molar-refractivity contribution < 1.29 is 9.59 Å². The molecule has 1 aliphatic rings. The number of benzene rings is 1. The van der Waals surface area contributed by atoms with Crippen molar-refractivity contribution in [1.82, 2.24) is 4.90 Å². The maximum Gasteiger partial charge on any atom is 0.224 e. The molecule has 0 unspecified atom stereocenters. The second kappa shape index (κ2) is 7.14. The Hall–Kier alpha value is -1.55. The standard InChI is InChI=1S/C17H23ClN2O2/c1-20(2)16(22)12-17(9-3-4-10-17)11-15(21)19-14-7-5-13(18)6-8-14/h5-8H,3-4,9-12H2,1-2H3,(H,19,21). The molecule has 0 bridgehead atoms. The van der Waals surface area contributed by atoms with Crippen molar-refractivity contribution in [2.45, 2.75) is 38.5 Å². The van der Waals surface area contributed by atoms with Crippen LogP contribution in [0.4, 0.5) is 5.69 Å². The topological polar surface area (TPSA) is 49.4 Å². The molecule has 0 aliphatic heterocycles. The third-order valence-electron chi connectivity index (χ3n) is 4.35. The Bertz CT molecular complexity index is 534. The van der Waals surface area contributed by atoms with Crippen LogP contribution in [0.1, 0.15) is 38.5 Å². The number of carbonyl (C=O) groups excluding carboxylic acids is 2. The van der Waals surface area contributed by atoms with Gasteiger partial charge in [0.1, 0.15) is 0 Å². The third kappa shape index (κ3) is 4.47. The van der Waals surface area contributed by atoms with E-state index in [9.17, 15) is 9.59 Å². The normalized spacial score (nSPS) is 16.3. The van der Waals surface area contributed by atoms with E-state index in [2.05, 4.69) is 5.32 Å². The SMILES string of the molecule is CN(C)C(=O)CC1(CC(=O)Nc2ccc(Cl)cc2)CCCC1. The zero-order chi connectivity index (χ0) is 16.2. The molecule has 2 rings (SSSR count). The van der Waals surface area contributed by atoms with Crippen LogP contribution in [-0.4, -0.2) is 30.8 Å². The van der Waals surface area contributed by atoms with E-state index in [1.54, 1.807) is 43.3 Å². The fraction of sp³-hybridized carbons (Fsp3) is 0.529. The van der Waals surface area contributed by atoms with Crippen LogP contribution in [-0.2, 0) is 9.59 Å². The van der Waals surface area contributed by atoms with Gasteiger partial charge in [-0.05, 0) is 42.5 Å². The summed E-state index contributed by atoms with van der Waals surface area (Å²) in [7, 11) is 3.53. The number of rotatable bonds is 5. The molecule has 1 N–H and O–H groups in total. The van der Waals surface area contributed by atoms with Crippen LogP contribution < -0.4 is 5.32 Å². The van der Waals surface area contributed by atoms with E-state index in [0.717, 1.165) is 31.4 Å². The Balaban J connectivity index is 1.99. The first kappa shape index (κ1) is 16.8. The maximum absolute atomic E-state index is 12.3. The minimum absolute atomic E-state index is 0.0317. The zero-order valence-corrected chi connectivity index (χ0v) is 13.9. The highest BCUT2D eigenvalue weighted by Crippen LogP contribution is 2.44. The fourth-order valence-corrected chi connectivity index (χ4v) is 3.22.